The van der Waals surface area contributed by atoms with Gasteiger partial charge in [0.25, 0.3) is 11.1 Å². The third-order valence-corrected chi connectivity index (χ3v) is 3.80. The van der Waals surface area contributed by atoms with Gasteiger partial charge >= 0.3 is 0 Å². The number of hydrogen-bond acceptors (Lipinski definition) is 3. The molecule has 0 aliphatic carbocycles. The van der Waals surface area contributed by atoms with Gasteiger partial charge in [-0.3, -0.25) is 9.59 Å². The molecule has 0 unspecified atom stereocenters. The Morgan fingerprint density at radius 2 is 1.52 bits per heavy atom. The van der Waals surface area contributed by atoms with Gasteiger partial charge in [-0.05, 0) is 17.7 Å². The number of benzene rings is 1. The predicted octanol–water partition coefficient (Wildman–Crippen LogP) is 0.741. The summed E-state index contributed by atoms with van der Waals surface area (Å²) in [6, 6.07) is 9.34. The molecule has 6 nitrogen and oxygen atoms in total. The fraction of sp³-hybridized carbons (Fsp3) is 0.211. The average Bonchev–Trinajstić information content (AvgIpc) is 3.02. The SMILES string of the molecule is CC(C)(C)c1[nH]cnc1C=c1[nH]c(=O)/c(=C/c2ccccc2)[nH]c1=O. The zero-order chi connectivity index (χ0) is 18.0. The minimum atomic E-state index is -0.371. The van der Waals surface area contributed by atoms with Crippen molar-refractivity contribution in [2.45, 2.75) is 26.2 Å². The summed E-state index contributed by atoms with van der Waals surface area (Å²) < 4.78 is 0. The van der Waals surface area contributed by atoms with E-state index in [2.05, 4.69) is 19.9 Å². The third-order valence-electron chi connectivity index (χ3n) is 3.80. The van der Waals surface area contributed by atoms with E-state index in [4.69, 9.17) is 0 Å². The molecule has 0 aliphatic rings. The topological polar surface area (TPSA) is 94.4 Å². The van der Waals surface area contributed by atoms with Gasteiger partial charge < -0.3 is 15.0 Å². The zero-order valence-corrected chi connectivity index (χ0v) is 14.4. The second kappa shape index (κ2) is 6.39. The number of H-pyrrole nitrogens is 3. The first-order valence-corrected chi connectivity index (χ1v) is 7.99. The van der Waals surface area contributed by atoms with Crippen molar-refractivity contribution in [1.29, 1.82) is 0 Å². The lowest BCUT2D eigenvalue weighted by Gasteiger charge is -2.16. The van der Waals surface area contributed by atoms with Gasteiger partial charge in [0.05, 0.1) is 12.0 Å². The maximum Gasteiger partial charge on any atom is 0.272 e. The molecule has 128 valence electrons. The van der Waals surface area contributed by atoms with Crippen LogP contribution in [0.3, 0.4) is 0 Å². The van der Waals surface area contributed by atoms with Crippen LogP contribution in [0.25, 0.3) is 12.2 Å². The van der Waals surface area contributed by atoms with E-state index in [0.29, 0.717) is 5.69 Å². The van der Waals surface area contributed by atoms with Gasteiger partial charge in [0.2, 0.25) is 0 Å². The molecule has 2 aromatic heterocycles. The summed E-state index contributed by atoms with van der Waals surface area (Å²) in [5.41, 5.74) is 1.48. The first-order valence-electron chi connectivity index (χ1n) is 7.99. The van der Waals surface area contributed by atoms with Crippen LogP contribution in [0, 0.1) is 0 Å². The summed E-state index contributed by atoms with van der Waals surface area (Å²) in [6.45, 7) is 6.13. The van der Waals surface area contributed by atoms with E-state index in [-0.39, 0.29) is 27.2 Å². The van der Waals surface area contributed by atoms with Crippen molar-refractivity contribution in [3.05, 3.63) is 85.0 Å². The first kappa shape index (κ1) is 16.7. The lowest BCUT2D eigenvalue weighted by atomic mass is 9.90. The molecule has 3 aromatic rings. The molecule has 6 heteroatoms. The molecule has 25 heavy (non-hydrogen) atoms. The Bertz CT molecular complexity index is 1110. The van der Waals surface area contributed by atoms with E-state index in [0.717, 1.165) is 11.3 Å². The molecule has 0 bridgehead atoms. The standard InChI is InChI=1S/C19H20N4O2/c1-19(2,3)16-13(20-11-21-16)10-15-18(25)22-14(17(24)23-15)9-12-7-5-4-6-8-12/h4-11H,1-3H3,(H,20,21)(H,22,25)(H,23,24)/b14-9-,15-10?. The van der Waals surface area contributed by atoms with Crippen molar-refractivity contribution in [3.63, 3.8) is 0 Å². The maximum absolute atomic E-state index is 12.4. The van der Waals surface area contributed by atoms with Gasteiger partial charge in [0.15, 0.2) is 0 Å². The molecular weight excluding hydrogens is 316 g/mol. The van der Waals surface area contributed by atoms with Gasteiger partial charge in [0.1, 0.15) is 10.7 Å². The molecule has 3 rings (SSSR count). The largest absolute Gasteiger partial charge is 0.348 e. The molecule has 3 N–H and O–H groups in total. The number of imidazole rings is 1. The van der Waals surface area contributed by atoms with E-state index in [1.165, 1.54) is 0 Å². The highest BCUT2D eigenvalue weighted by atomic mass is 16.1. The van der Waals surface area contributed by atoms with Crippen LogP contribution in [0.2, 0.25) is 0 Å². The molecule has 0 saturated carbocycles. The first-order chi connectivity index (χ1) is 11.8. The molecule has 0 aliphatic heterocycles. The molecule has 0 amide bonds. The van der Waals surface area contributed by atoms with Gasteiger partial charge in [-0.25, -0.2) is 4.98 Å². The molecule has 0 saturated heterocycles. The van der Waals surface area contributed by atoms with E-state index in [1.54, 1.807) is 18.5 Å². The van der Waals surface area contributed by atoms with E-state index in [9.17, 15) is 9.59 Å². The Morgan fingerprint density at radius 1 is 0.920 bits per heavy atom. The average molecular weight is 336 g/mol. The molecule has 2 heterocycles. The number of rotatable bonds is 2. The number of aromatic nitrogens is 4. The van der Waals surface area contributed by atoms with Crippen LogP contribution in [0.4, 0.5) is 0 Å². The minimum absolute atomic E-state index is 0.156. The second-order valence-electron chi connectivity index (χ2n) is 6.85. The lowest BCUT2D eigenvalue weighted by Crippen LogP contribution is -2.46. The van der Waals surface area contributed by atoms with Crippen molar-refractivity contribution in [1.82, 2.24) is 19.9 Å². The summed E-state index contributed by atoms with van der Waals surface area (Å²) in [6.07, 6.45) is 4.80. The van der Waals surface area contributed by atoms with E-state index >= 15 is 0 Å². The molecule has 0 radical (unpaired) electrons. The third kappa shape index (κ3) is 3.68. The lowest BCUT2D eigenvalue weighted by molar-refractivity contribution is 0.571. The zero-order valence-electron chi connectivity index (χ0n) is 14.4. The highest BCUT2D eigenvalue weighted by molar-refractivity contribution is 5.49. The Kier molecular flexibility index (Phi) is 4.27. The summed E-state index contributed by atoms with van der Waals surface area (Å²) in [4.78, 5) is 37.3. The Labute approximate surface area is 144 Å². The summed E-state index contributed by atoms with van der Waals surface area (Å²) in [7, 11) is 0. The van der Waals surface area contributed by atoms with Crippen LogP contribution < -0.4 is 21.8 Å². The summed E-state index contributed by atoms with van der Waals surface area (Å²) >= 11 is 0. The molecule has 0 fully saturated rings. The Morgan fingerprint density at radius 3 is 2.12 bits per heavy atom. The fourth-order valence-electron chi connectivity index (χ4n) is 2.56. The van der Waals surface area contributed by atoms with Crippen LogP contribution in [-0.2, 0) is 5.41 Å². The predicted molar refractivity (Wildman–Crippen MR) is 97.8 cm³/mol. The Hall–Kier alpha value is -3.15. The van der Waals surface area contributed by atoms with E-state index in [1.807, 2.05) is 51.1 Å². The second-order valence-corrected chi connectivity index (χ2v) is 6.85. The monoisotopic (exact) mass is 336 g/mol. The highest BCUT2D eigenvalue weighted by Crippen LogP contribution is 2.22. The molecule has 0 atom stereocenters. The number of nitrogens with one attached hydrogen (secondary N) is 3. The van der Waals surface area contributed by atoms with Crippen molar-refractivity contribution in [2.24, 2.45) is 0 Å². The van der Waals surface area contributed by atoms with Crippen molar-refractivity contribution >= 4 is 12.2 Å². The van der Waals surface area contributed by atoms with Crippen LogP contribution in [0.1, 0.15) is 37.7 Å². The normalized spacial score (nSPS) is 13.4. The van der Waals surface area contributed by atoms with Crippen molar-refractivity contribution < 1.29 is 0 Å². The van der Waals surface area contributed by atoms with Crippen LogP contribution in [-0.4, -0.2) is 19.9 Å². The number of aromatic amines is 3. The van der Waals surface area contributed by atoms with Crippen LogP contribution >= 0.6 is 0 Å². The van der Waals surface area contributed by atoms with Crippen molar-refractivity contribution in [3.8, 4) is 0 Å². The molecular formula is C19H20N4O2. The van der Waals surface area contributed by atoms with Gasteiger partial charge in [-0.15, -0.1) is 0 Å². The van der Waals surface area contributed by atoms with E-state index < -0.39 is 0 Å². The number of hydrogen-bond donors (Lipinski definition) is 3. The summed E-state index contributed by atoms with van der Waals surface area (Å²) in [5, 5.41) is 0.388. The van der Waals surface area contributed by atoms with Gasteiger partial charge in [0, 0.05) is 11.1 Å². The van der Waals surface area contributed by atoms with Crippen LogP contribution in [0.5, 0.6) is 0 Å². The summed E-state index contributed by atoms with van der Waals surface area (Å²) in [5.74, 6) is 0. The van der Waals surface area contributed by atoms with Gasteiger partial charge in [-0.1, -0.05) is 51.1 Å². The molecule has 0 spiro atoms. The van der Waals surface area contributed by atoms with Crippen molar-refractivity contribution in [2.75, 3.05) is 0 Å². The quantitative estimate of drug-likeness (QED) is 0.644. The molecule has 1 aromatic carbocycles. The van der Waals surface area contributed by atoms with Gasteiger partial charge in [-0.2, -0.15) is 0 Å². The smallest absolute Gasteiger partial charge is 0.272 e. The minimum Gasteiger partial charge on any atom is -0.348 e. The number of nitrogens with zero attached hydrogens (tertiary/aromatic N) is 1. The maximum atomic E-state index is 12.4. The van der Waals surface area contributed by atoms with Crippen LogP contribution in [0.15, 0.2) is 46.2 Å². The fourth-order valence-corrected chi connectivity index (χ4v) is 2.56. The highest BCUT2D eigenvalue weighted by Gasteiger charge is 2.19. The Balaban J connectivity index is 2.14.